The van der Waals surface area contributed by atoms with Gasteiger partial charge in [0.2, 0.25) is 5.91 Å². The molecule has 0 aliphatic carbocycles. The van der Waals surface area contributed by atoms with Crippen LogP contribution in [0.1, 0.15) is 19.4 Å². The minimum Gasteiger partial charge on any atom is -0.368 e. The van der Waals surface area contributed by atoms with Crippen molar-refractivity contribution < 1.29 is 4.79 Å². The van der Waals surface area contributed by atoms with E-state index in [9.17, 15) is 4.79 Å². The molecule has 1 aromatic rings. The lowest BCUT2D eigenvalue weighted by molar-refractivity contribution is -0.119. The third-order valence-electron chi connectivity index (χ3n) is 2.27. The number of nitrogens with two attached hydrogens (primary N) is 1. The molecule has 0 spiro atoms. The van der Waals surface area contributed by atoms with Crippen LogP contribution < -0.4 is 11.1 Å². The summed E-state index contributed by atoms with van der Waals surface area (Å²) in [6, 6.07) is 10.2. The lowest BCUT2D eigenvalue weighted by Gasteiger charge is -2.17. The van der Waals surface area contributed by atoms with E-state index < -0.39 is 0 Å². The average molecular weight is 252 g/mol. The first-order valence-electron chi connectivity index (χ1n) is 5.76. The van der Waals surface area contributed by atoms with E-state index in [2.05, 4.69) is 17.4 Å². The molecule has 3 nitrogen and oxygen atoms in total. The Morgan fingerprint density at radius 1 is 1.35 bits per heavy atom. The predicted molar refractivity (Wildman–Crippen MR) is 73.9 cm³/mol. The van der Waals surface area contributed by atoms with Crippen LogP contribution in [-0.2, 0) is 10.5 Å². The van der Waals surface area contributed by atoms with Crippen LogP contribution in [0.5, 0.6) is 0 Å². The number of carbonyl (C=O) groups excluding carboxylic acids is 1. The Hall–Kier alpha value is -1.00. The van der Waals surface area contributed by atoms with Gasteiger partial charge < -0.3 is 11.1 Å². The number of primary amides is 1. The van der Waals surface area contributed by atoms with Crippen LogP contribution >= 0.6 is 11.8 Å². The van der Waals surface area contributed by atoms with Crippen molar-refractivity contribution in [1.29, 1.82) is 0 Å². The monoisotopic (exact) mass is 252 g/mol. The first-order valence-corrected chi connectivity index (χ1v) is 6.92. The molecule has 0 heterocycles. The quantitative estimate of drug-likeness (QED) is 0.777. The van der Waals surface area contributed by atoms with Gasteiger partial charge in [-0.15, -0.1) is 0 Å². The molecule has 0 radical (unpaired) electrons. The van der Waals surface area contributed by atoms with Gasteiger partial charge in [-0.05, 0) is 5.56 Å². The lowest BCUT2D eigenvalue weighted by atomic mass is 10.2. The molecule has 0 fully saturated rings. The number of amides is 1. The van der Waals surface area contributed by atoms with Crippen LogP contribution in [0.3, 0.4) is 0 Å². The Balaban J connectivity index is 2.35. The summed E-state index contributed by atoms with van der Waals surface area (Å²) in [7, 11) is 0. The summed E-state index contributed by atoms with van der Waals surface area (Å²) in [5.74, 6) is 1.34. The van der Waals surface area contributed by atoms with Crippen LogP contribution in [0, 0.1) is 0 Å². The van der Waals surface area contributed by atoms with Crippen LogP contribution in [0.4, 0.5) is 0 Å². The Morgan fingerprint density at radius 3 is 2.53 bits per heavy atom. The fraction of sp³-hybridized carbons (Fsp3) is 0.462. The highest BCUT2D eigenvalue weighted by molar-refractivity contribution is 7.98. The largest absolute Gasteiger partial charge is 0.368 e. The maximum absolute atomic E-state index is 11.2. The van der Waals surface area contributed by atoms with Gasteiger partial charge in [-0.25, -0.2) is 0 Å². The molecule has 1 atom stereocenters. The molecule has 3 N–H and O–H groups in total. The third-order valence-corrected chi connectivity index (χ3v) is 3.38. The van der Waals surface area contributed by atoms with Crippen LogP contribution in [0.15, 0.2) is 30.3 Å². The van der Waals surface area contributed by atoms with Crippen molar-refractivity contribution in [2.24, 2.45) is 5.73 Å². The van der Waals surface area contributed by atoms with E-state index in [0.29, 0.717) is 5.75 Å². The van der Waals surface area contributed by atoms with E-state index in [1.165, 1.54) is 5.56 Å². The van der Waals surface area contributed by atoms with Gasteiger partial charge in [0.15, 0.2) is 0 Å². The Morgan fingerprint density at radius 2 is 2.00 bits per heavy atom. The molecule has 0 saturated carbocycles. The van der Waals surface area contributed by atoms with Crippen LogP contribution in [-0.4, -0.2) is 23.7 Å². The fourth-order valence-corrected chi connectivity index (χ4v) is 2.53. The van der Waals surface area contributed by atoms with Gasteiger partial charge in [-0.2, -0.15) is 11.8 Å². The number of hydrogen-bond donors (Lipinski definition) is 2. The summed E-state index contributed by atoms with van der Waals surface area (Å²) in [6.07, 6.45) is 0. The number of nitrogens with one attached hydrogen (secondary N) is 1. The maximum Gasteiger partial charge on any atom is 0.235 e. The molecule has 1 rings (SSSR count). The summed E-state index contributed by atoms with van der Waals surface area (Å²) >= 11 is 1.72. The fourth-order valence-electron chi connectivity index (χ4n) is 1.48. The lowest BCUT2D eigenvalue weighted by Crippen LogP contribution is -2.46. The molecule has 94 valence electrons. The number of thioether (sulfide) groups is 1. The number of hydrogen-bond acceptors (Lipinski definition) is 3. The Labute approximate surface area is 107 Å². The van der Waals surface area contributed by atoms with Gasteiger partial charge in [-0.1, -0.05) is 44.2 Å². The Bertz CT molecular complexity index is 341. The van der Waals surface area contributed by atoms with Gasteiger partial charge in [-0.3, -0.25) is 4.79 Å². The zero-order valence-corrected chi connectivity index (χ0v) is 11.2. The molecule has 1 aromatic carbocycles. The number of rotatable bonds is 7. The molecule has 4 heteroatoms. The summed E-state index contributed by atoms with van der Waals surface area (Å²) < 4.78 is 0. The highest BCUT2D eigenvalue weighted by Crippen LogP contribution is 2.12. The predicted octanol–water partition coefficient (Wildman–Crippen LogP) is 1.77. The molecule has 1 amide bonds. The standard InChI is InChI=1S/C13H20N2OS/c1-10(2)15-12(13(14)16)9-17-8-11-6-4-3-5-7-11/h3-7,10,12,15H,8-9H2,1-2H3,(H2,14,16). The van der Waals surface area contributed by atoms with Crippen molar-refractivity contribution in [2.75, 3.05) is 5.75 Å². The smallest absolute Gasteiger partial charge is 0.235 e. The van der Waals surface area contributed by atoms with Crippen LogP contribution in [0.2, 0.25) is 0 Å². The van der Waals surface area contributed by atoms with Crippen molar-refractivity contribution in [3.8, 4) is 0 Å². The molecule has 0 aromatic heterocycles. The number of benzene rings is 1. The van der Waals surface area contributed by atoms with Crippen molar-refractivity contribution in [3.63, 3.8) is 0 Å². The van der Waals surface area contributed by atoms with Crippen molar-refractivity contribution in [2.45, 2.75) is 31.7 Å². The minimum atomic E-state index is -0.278. The van der Waals surface area contributed by atoms with E-state index in [1.54, 1.807) is 11.8 Å². The molecule has 17 heavy (non-hydrogen) atoms. The van der Waals surface area contributed by atoms with Gasteiger partial charge >= 0.3 is 0 Å². The van der Waals surface area contributed by atoms with Crippen LogP contribution in [0.25, 0.3) is 0 Å². The molecular formula is C13H20N2OS. The number of carbonyl (C=O) groups is 1. The van der Waals surface area contributed by atoms with E-state index in [-0.39, 0.29) is 18.0 Å². The topological polar surface area (TPSA) is 55.1 Å². The van der Waals surface area contributed by atoms with E-state index in [1.807, 2.05) is 32.0 Å². The summed E-state index contributed by atoms with van der Waals surface area (Å²) in [5.41, 5.74) is 6.62. The van der Waals surface area contributed by atoms with E-state index >= 15 is 0 Å². The molecular weight excluding hydrogens is 232 g/mol. The van der Waals surface area contributed by atoms with Gasteiger partial charge in [0.25, 0.3) is 0 Å². The molecule has 0 bridgehead atoms. The van der Waals surface area contributed by atoms with Gasteiger partial charge in [0.05, 0.1) is 6.04 Å². The second kappa shape index (κ2) is 7.35. The second-order valence-electron chi connectivity index (χ2n) is 4.28. The highest BCUT2D eigenvalue weighted by Gasteiger charge is 2.15. The summed E-state index contributed by atoms with van der Waals surface area (Å²) in [5, 5.41) is 3.17. The molecule has 0 aliphatic rings. The SMILES string of the molecule is CC(C)NC(CSCc1ccccc1)C(N)=O. The first kappa shape index (κ1) is 14.1. The van der Waals surface area contributed by atoms with E-state index in [4.69, 9.17) is 5.73 Å². The second-order valence-corrected chi connectivity index (χ2v) is 5.31. The van der Waals surface area contributed by atoms with Gasteiger partial charge in [0.1, 0.15) is 0 Å². The highest BCUT2D eigenvalue weighted by atomic mass is 32.2. The molecule has 0 aliphatic heterocycles. The zero-order chi connectivity index (χ0) is 12.7. The zero-order valence-electron chi connectivity index (χ0n) is 10.3. The Kier molecular flexibility index (Phi) is 6.08. The maximum atomic E-state index is 11.2. The van der Waals surface area contributed by atoms with E-state index in [0.717, 1.165) is 5.75 Å². The summed E-state index contributed by atoms with van der Waals surface area (Å²) in [4.78, 5) is 11.2. The average Bonchev–Trinajstić information content (AvgIpc) is 2.28. The molecule has 0 saturated heterocycles. The summed E-state index contributed by atoms with van der Waals surface area (Å²) in [6.45, 7) is 4.02. The minimum absolute atomic E-state index is 0.247. The first-order chi connectivity index (χ1) is 8.09. The normalized spacial score (nSPS) is 12.6. The van der Waals surface area contributed by atoms with Crippen molar-refractivity contribution >= 4 is 17.7 Å². The third kappa shape index (κ3) is 5.75. The molecule has 1 unspecified atom stereocenters. The van der Waals surface area contributed by atoms with Crippen molar-refractivity contribution in [1.82, 2.24) is 5.32 Å². The van der Waals surface area contributed by atoms with Crippen molar-refractivity contribution in [3.05, 3.63) is 35.9 Å². The van der Waals surface area contributed by atoms with Gasteiger partial charge in [0, 0.05) is 17.5 Å².